The van der Waals surface area contributed by atoms with E-state index in [1.807, 2.05) is 0 Å². The van der Waals surface area contributed by atoms with Crippen LogP contribution in [0, 0.1) is 5.92 Å². The van der Waals surface area contributed by atoms with Crippen LogP contribution >= 0.6 is 0 Å². The molecule has 120 valence electrons. The molecule has 23 heavy (non-hydrogen) atoms. The van der Waals surface area contributed by atoms with Crippen LogP contribution in [0.25, 0.3) is 11.0 Å². The minimum Gasteiger partial charge on any atom is -0.463 e. The van der Waals surface area contributed by atoms with Crippen molar-refractivity contribution in [2.45, 2.75) is 12.5 Å². The number of furan rings is 1. The highest BCUT2D eigenvalue weighted by Crippen LogP contribution is 2.28. The fourth-order valence-electron chi connectivity index (χ4n) is 3.45. The Balaban J connectivity index is 1.54. The third kappa shape index (κ3) is 2.46. The van der Waals surface area contributed by atoms with Crippen molar-refractivity contribution in [1.29, 1.82) is 0 Å². The van der Waals surface area contributed by atoms with Gasteiger partial charge in [0.2, 0.25) is 5.76 Å². The molecule has 2 saturated heterocycles. The quantitative estimate of drug-likeness (QED) is 0.852. The van der Waals surface area contributed by atoms with E-state index in [0.717, 1.165) is 26.1 Å². The monoisotopic (exact) mass is 315 g/mol. The van der Waals surface area contributed by atoms with Gasteiger partial charge in [0.15, 0.2) is 0 Å². The van der Waals surface area contributed by atoms with Crippen molar-refractivity contribution < 1.29 is 18.7 Å². The van der Waals surface area contributed by atoms with Crippen LogP contribution in [0.2, 0.25) is 0 Å². The van der Waals surface area contributed by atoms with Crippen molar-refractivity contribution in [3.05, 3.63) is 29.8 Å². The highest BCUT2D eigenvalue weighted by Gasteiger charge is 2.38. The Hall–Kier alpha value is -2.41. The molecular weight excluding hydrogens is 298 g/mol. The summed E-state index contributed by atoms with van der Waals surface area (Å²) in [6, 6.07) is 3.31. The molecule has 3 unspecified atom stereocenters. The zero-order valence-corrected chi connectivity index (χ0v) is 12.7. The van der Waals surface area contributed by atoms with Crippen molar-refractivity contribution >= 4 is 22.8 Å². The number of pyridine rings is 1. The number of carbonyl (C=O) groups is 2. The molecule has 2 aliphatic heterocycles. The van der Waals surface area contributed by atoms with Gasteiger partial charge < -0.3 is 19.4 Å². The molecule has 2 aromatic heterocycles. The van der Waals surface area contributed by atoms with Gasteiger partial charge >= 0.3 is 5.97 Å². The molecule has 3 atom stereocenters. The van der Waals surface area contributed by atoms with Gasteiger partial charge in [-0.2, -0.15) is 0 Å². The first-order valence-corrected chi connectivity index (χ1v) is 7.65. The van der Waals surface area contributed by atoms with Gasteiger partial charge in [0.25, 0.3) is 5.91 Å². The van der Waals surface area contributed by atoms with E-state index in [1.165, 1.54) is 13.3 Å². The Morgan fingerprint density at radius 3 is 2.96 bits per heavy atom. The lowest BCUT2D eigenvalue weighted by Gasteiger charge is -2.22. The summed E-state index contributed by atoms with van der Waals surface area (Å²) in [7, 11) is 1.29. The Kier molecular flexibility index (Phi) is 3.30. The topological polar surface area (TPSA) is 84.7 Å². The largest absolute Gasteiger partial charge is 0.463 e. The molecule has 2 fully saturated rings. The fourth-order valence-corrected chi connectivity index (χ4v) is 3.45. The second kappa shape index (κ2) is 5.34. The Bertz CT molecular complexity index is 785. The first-order chi connectivity index (χ1) is 11.1. The lowest BCUT2D eigenvalue weighted by Crippen LogP contribution is -2.43. The molecule has 7 heteroatoms. The van der Waals surface area contributed by atoms with E-state index in [0.29, 0.717) is 22.6 Å². The van der Waals surface area contributed by atoms with Crippen LogP contribution in [0.15, 0.2) is 22.7 Å². The maximum absolute atomic E-state index is 12.4. The van der Waals surface area contributed by atoms with Crippen LogP contribution in [0.4, 0.5) is 0 Å². The molecule has 0 saturated carbocycles. The van der Waals surface area contributed by atoms with Crippen LogP contribution in [-0.4, -0.2) is 54.5 Å². The van der Waals surface area contributed by atoms with Gasteiger partial charge in [-0.25, -0.2) is 4.79 Å². The van der Waals surface area contributed by atoms with Gasteiger partial charge in [-0.1, -0.05) is 0 Å². The summed E-state index contributed by atoms with van der Waals surface area (Å²) in [5.41, 5.74) is 0.739. The van der Waals surface area contributed by atoms with Crippen molar-refractivity contribution in [3.63, 3.8) is 0 Å². The zero-order chi connectivity index (χ0) is 16.0. The molecular formula is C16H17N3O4. The molecule has 0 spiro atoms. The number of nitrogens with zero attached hydrogens (tertiary/aromatic N) is 2. The summed E-state index contributed by atoms with van der Waals surface area (Å²) in [6.07, 6.45) is 2.67. The molecule has 2 aliphatic rings. The number of fused-ring (bicyclic) bond motifs is 3. The predicted molar refractivity (Wildman–Crippen MR) is 81.1 cm³/mol. The number of hydrogen-bond acceptors (Lipinski definition) is 6. The SMILES string of the molecule is COC(=O)c1cc2cnc(C(=O)NC3CN4CCC3C4)cc2o1. The first-order valence-electron chi connectivity index (χ1n) is 7.65. The number of ether oxygens (including phenoxy) is 1. The number of rotatable bonds is 3. The fraction of sp³-hybridized carbons (Fsp3) is 0.438. The molecule has 7 nitrogen and oxygen atoms in total. The second-order valence-corrected chi connectivity index (χ2v) is 6.10. The Labute approximate surface area is 132 Å². The average molecular weight is 315 g/mol. The number of carbonyl (C=O) groups excluding carboxylic acids is 2. The van der Waals surface area contributed by atoms with E-state index < -0.39 is 5.97 Å². The van der Waals surface area contributed by atoms with Crippen LogP contribution in [0.3, 0.4) is 0 Å². The first kappa shape index (κ1) is 14.2. The predicted octanol–water partition coefficient (Wildman–Crippen LogP) is 1.05. The summed E-state index contributed by atoms with van der Waals surface area (Å²) < 4.78 is 10.1. The van der Waals surface area contributed by atoms with Crippen molar-refractivity contribution in [2.24, 2.45) is 5.92 Å². The van der Waals surface area contributed by atoms with Gasteiger partial charge in [0, 0.05) is 42.8 Å². The molecule has 1 N–H and O–H groups in total. The Morgan fingerprint density at radius 2 is 2.26 bits per heavy atom. The summed E-state index contributed by atoms with van der Waals surface area (Å²) >= 11 is 0. The molecule has 2 bridgehead atoms. The third-order valence-corrected chi connectivity index (χ3v) is 4.67. The van der Waals surface area contributed by atoms with E-state index in [9.17, 15) is 9.59 Å². The summed E-state index contributed by atoms with van der Waals surface area (Å²) in [6.45, 7) is 3.11. The van der Waals surface area contributed by atoms with E-state index in [-0.39, 0.29) is 17.7 Å². The summed E-state index contributed by atoms with van der Waals surface area (Å²) in [4.78, 5) is 30.4. The lowest BCUT2D eigenvalue weighted by molar-refractivity contribution is 0.0567. The minimum absolute atomic E-state index is 0.0998. The maximum Gasteiger partial charge on any atom is 0.373 e. The summed E-state index contributed by atoms with van der Waals surface area (Å²) in [5.74, 6) is -0.120. The van der Waals surface area contributed by atoms with Gasteiger partial charge in [-0.15, -0.1) is 0 Å². The van der Waals surface area contributed by atoms with E-state index in [4.69, 9.17) is 4.42 Å². The van der Waals surface area contributed by atoms with E-state index in [1.54, 1.807) is 12.1 Å². The Morgan fingerprint density at radius 1 is 1.39 bits per heavy atom. The molecule has 1 amide bonds. The minimum atomic E-state index is -0.553. The van der Waals surface area contributed by atoms with Crippen LogP contribution in [0.1, 0.15) is 27.5 Å². The summed E-state index contributed by atoms with van der Waals surface area (Å²) in [5, 5.41) is 3.72. The molecule has 4 heterocycles. The normalized spacial score (nSPS) is 25.7. The average Bonchev–Trinajstić information content (AvgIpc) is 3.27. The van der Waals surface area contributed by atoms with Crippen molar-refractivity contribution in [3.8, 4) is 0 Å². The zero-order valence-electron chi connectivity index (χ0n) is 12.7. The van der Waals surface area contributed by atoms with Gasteiger partial charge in [-0.05, 0) is 18.9 Å². The van der Waals surface area contributed by atoms with Crippen LogP contribution < -0.4 is 5.32 Å². The molecule has 0 aromatic carbocycles. The number of amides is 1. The second-order valence-electron chi connectivity index (χ2n) is 6.10. The molecule has 0 aliphatic carbocycles. The van der Waals surface area contributed by atoms with Gasteiger partial charge in [-0.3, -0.25) is 9.78 Å². The third-order valence-electron chi connectivity index (χ3n) is 4.67. The number of esters is 1. The standard InChI is InChI=1S/C16H17N3O4/c1-22-16(21)14-4-10-6-17-11(5-13(10)23-14)15(20)18-12-8-19-3-2-9(12)7-19/h4-6,9,12H,2-3,7-8H2,1H3,(H,18,20). The number of piperidine rings is 1. The van der Waals surface area contributed by atoms with Crippen molar-refractivity contribution in [1.82, 2.24) is 15.2 Å². The maximum atomic E-state index is 12.4. The van der Waals surface area contributed by atoms with Crippen LogP contribution in [0.5, 0.6) is 0 Å². The lowest BCUT2D eigenvalue weighted by atomic mass is 10.00. The number of aromatic nitrogens is 1. The number of methoxy groups -OCH3 is 1. The van der Waals surface area contributed by atoms with Crippen LogP contribution in [-0.2, 0) is 4.74 Å². The smallest absolute Gasteiger partial charge is 0.373 e. The van der Waals surface area contributed by atoms with Gasteiger partial charge in [0.1, 0.15) is 11.3 Å². The highest BCUT2D eigenvalue weighted by atomic mass is 16.5. The number of nitrogens with one attached hydrogen (secondary N) is 1. The highest BCUT2D eigenvalue weighted by molar-refractivity contribution is 5.97. The number of hydrogen-bond donors (Lipinski definition) is 1. The van der Waals surface area contributed by atoms with E-state index >= 15 is 0 Å². The van der Waals surface area contributed by atoms with Crippen molar-refractivity contribution in [2.75, 3.05) is 26.7 Å². The molecule has 0 radical (unpaired) electrons. The molecule has 2 aromatic rings. The van der Waals surface area contributed by atoms with Gasteiger partial charge in [0.05, 0.1) is 7.11 Å². The molecule has 4 rings (SSSR count). The van der Waals surface area contributed by atoms with E-state index in [2.05, 4.69) is 19.9 Å².